The molecule has 0 bridgehead atoms. The standard InChI is InChI=1S/C11H15NO6/c13-4-11(5-14,6-15)12-10(18)9-7(16)2-1-3-8(9)17/h1-3,13-17H,4-6H2,(H,12,18). The molecular weight excluding hydrogens is 242 g/mol. The molecule has 0 aliphatic carbocycles. The molecule has 0 saturated carbocycles. The Morgan fingerprint density at radius 2 is 1.50 bits per heavy atom. The Labute approximate surface area is 103 Å². The van der Waals surface area contributed by atoms with Gasteiger partial charge in [0, 0.05) is 0 Å². The SMILES string of the molecule is O=C(NC(CO)(CO)CO)c1c(O)cccc1O. The highest BCUT2D eigenvalue weighted by atomic mass is 16.3. The molecule has 0 spiro atoms. The number of aliphatic hydroxyl groups is 3. The highest BCUT2D eigenvalue weighted by Crippen LogP contribution is 2.26. The summed E-state index contributed by atoms with van der Waals surface area (Å²) in [4.78, 5) is 11.8. The van der Waals surface area contributed by atoms with E-state index in [1.54, 1.807) is 0 Å². The second-order valence-electron chi connectivity index (χ2n) is 3.88. The van der Waals surface area contributed by atoms with Crippen molar-refractivity contribution in [2.75, 3.05) is 19.8 Å². The summed E-state index contributed by atoms with van der Waals surface area (Å²) in [6, 6.07) is 3.75. The number of carbonyl (C=O) groups is 1. The third-order valence-corrected chi connectivity index (χ3v) is 2.53. The van der Waals surface area contributed by atoms with Crippen LogP contribution in [0.4, 0.5) is 0 Å². The number of aromatic hydroxyl groups is 2. The third-order valence-electron chi connectivity index (χ3n) is 2.53. The van der Waals surface area contributed by atoms with Crippen molar-refractivity contribution in [1.82, 2.24) is 5.32 Å². The number of phenolic OH excluding ortho intramolecular Hbond substituents is 2. The van der Waals surface area contributed by atoms with Crippen molar-refractivity contribution in [3.8, 4) is 11.5 Å². The molecule has 0 unspecified atom stereocenters. The molecule has 0 atom stereocenters. The summed E-state index contributed by atoms with van der Waals surface area (Å²) < 4.78 is 0. The maximum atomic E-state index is 11.8. The van der Waals surface area contributed by atoms with E-state index in [1.807, 2.05) is 0 Å². The molecule has 0 saturated heterocycles. The molecule has 1 aromatic rings. The van der Waals surface area contributed by atoms with Gasteiger partial charge in [0.05, 0.1) is 19.8 Å². The zero-order valence-electron chi connectivity index (χ0n) is 9.50. The number of carbonyl (C=O) groups excluding carboxylic acids is 1. The molecule has 0 aliphatic heterocycles. The average Bonchev–Trinajstić information content (AvgIpc) is 2.36. The smallest absolute Gasteiger partial charge is 0.259 e. The highest BCUT2D eigenvalue weighted by molar-refractivity contribution is 5.99. The number of rotatable bonds is 5. The van der Waals surface area contributed by atoms with Crippen LogP contribution >= 0.6 is 0 Å². The minimum absolute atomic E-state index is 0.391. The van der Waals surface area contributed by atoms with E-state index in [2.05, 4.69) is 5.32 Å². The lowest BCUT2D eigenvalue weighted by atomic mass is 10.0. The first-order valence-corrected chi connectivity index (χ1v) is 5.15. The molecule has 100 valence electrons. The Bertz CT molecular complexity index is 401. The fourth-order valence-corrected chi connectivity index (χ4v) is 1.33. The summed E-state index contributed by atoms with van der Waals surface area (Å²) in [7, 11) is 0. The van der Waals surface area contributed by atoms with E-state index >= 15 is 0 Å². The number of hydrogen-bond donors (Lipinski definition) is 6. The fourth-order valence-electron chi connectivity index (χ4n) is 1.33. The van der Waals surface area contributed by atoms with E-state index in [4.69, 9.17) is 15.3 Å². The molecule has 0 aromatic heterocycles. The summed E-state index contributed by atoms with van der Waals surface area (Å²) >= 11 is 0. The molecule has 7 heteroatoms. The van der Waals surface area contributed by atoms with E-state index < -0.39 is 48.3 Å². The predicted octanol–water partition coefficient (Wildman–Crippen LogP) is -1.46. The molecule has 0 radical (unpaired) electrons. The van der Waals surface area contributed by atoms with E-state index in [9.17, 15) is 15.0 Å². The lowest BCUT2D eigenvalue weighted by Gasteiger charge is -2.28. The maximum Gasteiger partial charge on any atom is 0.259 e. The van der Waals surface area contributed by atoms with Gasteiger partial charge in [0.2, 0.25) is 0 Å². The minimum Gasteiger partial charge on any atom is -0.507 e. The Morgan fingerprint density at radius 1 is 1.06 bits per heavy atom. The van der Waals surface area contributed by atoms with Crippen LogP contribution in [0.3, 0.4) is 0 Å². The van der Waals surface area contributed by atoms with Gasteiger partial charge in [0.1, 0.15) is 22.6 Å². The number of aliphatic hydroxyl groups excluding tert-OH is 3. The monoisotopic (exact) mass is 257 g/mol. The van der Waals surface area contributed by atoms with Crippen LogP contribution in [0, 0.1) is 0 Å². The normalized spacial score (nSPS) is 11.3. The van der Waals surface area contributed by atoms with Gasteiger partial charge in [-0.25, -0.2) is 0 Å². The summed E-state index contributed by atoms with van der Waals surface area (Å²) in [5.74, 6) is -1.81. The van der Waals surface area contributed by atoms with Crippen LogP contribution in [0.2, 0.25) is 0 Å². The Hall–Kier alpha value is -1.83. The van der Waals surface area contributed by atoms with Crippen LogP contribution in [0.1, 0.15) is 10.4 Å². The van der Waals surface area contributed by atoms with Crippen LogP contribution in [0.15, 0.2) is 18.2 Å². The van der Waals surface area contributed by atoms with Crippen molar-refractivity contribution in [3.05, 3.63) is 23.8 Å². The second kappa shape index (κ2) is 5.67. The van der Waals surface area contributed by atoms with Crippen molar-refractivity contribution >= 4 is 5.91 Å². The molecule has 0 fully saturated rings. The molecule has 0 heterocycles. The van der Waals surface area contributed by atoms with E-state index in [-0.39, 0.29) is 0 Å². The van der Waals surface area contributed by atoms with Gasteiger partial charge in [-0.05, 0) is 12.1 Å². The topological polar surface area (TPSA) is 130 Å². The Morgan fingerprint density at radius 3 is 1.89 bits per heavy atom. The van der Waals surface area contributed by atoms with Crippen molar-refractivity contribution < 1.29 is 30.3 Å². The van der Waals surface area contributed by atoms with Crippen LogP contribution in [-0.4, -0.2) is 56.8 Å². The molecule has 0 aliphatic rings. The van der Waals surface area contributed by atoms with E-state index in [1.165, 1.54) is 18.2 Å². The van der Waals surface area contributed by atoms with Gasteiger partial charge < -0.3 is 30.8 Å². The fraction of sp³-hybridized carbons (Fsp3) is 0.364. The number of amides is 1. The zero-order valence-corrected chi connectivity index (χ0v) is 9.50. The van der Waals surface area contributed by atoms with Crippen LogP contribution < -0.4 is 5.32 Å². The number of phenols is 2. The second-order valence-corrected chi connectivity index (χ2v) is 3.88. The summed E-state index contributed by atoms with van der Waals surface area (Å²) in [5, 5.41) is 48.3. The van der Waals surface area contributed by atoms with Gasteiger partial charge in [-0.3, -0.25) is 4.79 Å². The quantitative estimate of drug-likeness (QED) is 0.382. The van der Waals surface area contributed by atoms with Crippen molar-refractivity contribution in [1.29, 1.82) is 0 Å². The average molecular weight is 257 g/mol. The maximum absolute atomic E-state index is 11.8. The number of hydrogen-bond acceptors (Lipinski definition) is 6. The lowest BCUT2D eigenvalue weighted by Crippen LogP contribution is -2.57. The van der Waals surface area contributed by atoms with E-state index in [0.29, 0.717) is 0 Å². The molecule has 1 rings (SSSR count). The number of nitrogens with one attached hydrogen (secondary N) is 1. The summed E-state index contributed by atoms with van der Waals surface area (Å²) in [5.41, 5.74) is -2.01. The molecule has 7 nitrogen and oxygen atoms in total. The highest BCUT2D eigenvalue weighted by Gasteiger charge is 2.31. The van der Waals surface area contributed by atoms with Crippen LogP contribution in [0.25, 0.3) is 0 Å². The number of benzene rings is 1. The van der Waals surface area contributed by atoms with Crippen molar-refractivity contribution in [2.24, 2.45) is 0 Å². The van der Waals surface area contributed by atoms with Gasteiger partial charge in [-0.1, -0.05) is 6.07 Å². The first kappa shape index (κ1) is 14.2. The first-order chi connectivity index (χ1) is 8.49. The molecule has 6 N–H and O–H groups in total. The molecular formula is C11H15NO6. The predicted molar refractivity (Wildman–Crippen MR) is 61.2 cm³/mol. The Kier molecular flexibility index (Phi) is 4.49. The van der Waals surface area contributed by atoms with Gasteiger partial charge in [0.25, 0.3) is 5.91 Å². The lowest BCUT2D eigenvalue weighted by molar-refractivity contribution is 0.0373. The molecule has 1 amide bonds. The van der Waals surface area contributed by atoms with Gasteiger partial charge >= 0.3 is 0 Å². The summed E-state index contributed by atoms with van der Waals surface area (Å²) in [6.45, 7) is -2.08. The largest absolute Gasteiger partial charge is 0.507 e. The van der Waals surface area contributed by atoms with E-state index in [0.717, 1.165) is 0 Å². The Balaban J connectivity index is 3.02. The minimum atomic E-state index is -1.62. The van der Waals surface area contributed by atoms with Gasteiger partial charge in [0.15, 0.2) is 0 Å². The van der Waals surface area contributed by atoms with Crippen LogP contribution in [0.5, 0.6) is 11.5 Å². The van der Waals surface area contributed by atoms with Crippen molar-refractivity contribution in [3.63, 3.8) is 0 Å². The zero-order chi connectivity index (χ0) is 13.8. The molecule has 18 heavy (non-hydrogen) atoms. The first-order valence-electron chi connectivity index (χ1n) is 5.15. The molecule has 1 aromatic carbocycles. The van der Waals surface area contributed by atoms with Gasteiger partial charge in [-0.15, -0.1) is 0 Å². The van der Waals surface area contributed by atoms with Crippen LogP contribution in [-0.2, 0) is 0 Å². The third kappa shape index (κ3) is 2.70. The summed E-state index contributed by atoms with van der Waals surface area (Å²) in [6.07, 6.45) is 0. The van der Waals surface area contributed by atoms with Gasteiger partial charge in [-0.2, -0.15) is 0 Å². The van der Waals surface area contributed by atoms with Crippen molar-refractivity contribution in [2.45, 2.75) is 5.54 Å².